The molecular formula is C11H26ClNSi. The molecule has 0 heterocycles. The van der Waals surface area contributed by atoms with Crippen LogP contribution in [-0.2, 0) is 0 Å². The van der Waals surface area contributed by atoms with Crippen molar-refractivity contribution in [2.24, 2.45) is 0 Å². The molecule has 3 heteroatoms. The molecule has 0 radical (unpaired) electrons. The van der Waals surface area contributed by atoms with E-state index in [1.165, 1.54) is 15.8 Å². The van der Waals surface area contributed by atoms with E-state index in [4.69, 9.17) is 11.6 Å². The van der Waals surface area contributed by atoms with Gasteiger partial charge in [-0.15, -0.1) is 11.6 Å². The summed E-state index contributed by atoms with van der Waals surface area (Å²) in [6, 6.07) is 1.22. The van der Waals surface area contributed by atoms with Crippen LogP contribution in [-0.4, -0.2) is 39.7 Å². The van der Waals surface area contributed by atoms with Gasteiger partial charge in [0.1, 0.15) is 0 Å². The molecular weight excluding hydrogens is 210 g/mol. The van der Waals surface area contributed by atoms with Gasteiger partial charge in [-0.05, 0) is 27.7 Å². The van der Waals surface area contributed by atoms with E-state index in [0.717, 1.165) is 12.4 Å². The predicted octanol–water partition coefficient (Wildman–Crippen LogP) is 2.28. The Kier molecular flexibility index (Phi) is 7.98. The number of hydrogen-bond acceptors (Lipinski definition) is 1. The molecule has 1 aliphatic rings. The first kappa shape index (κ1) is 14.5. The first-order chi connectivity index (χ1) is 6.49. The van der Waals surface area contributed by atoms with Crippen LogP contribution in [0.2, 0.25) is 5.54 Å². The molecule has 0 aromatic heterocycles. The van der Waals surface area contributed by atoms with E-state index >= 15 is 0 Å². The molecule has 1 saturated carbocycles. The maximum Gasteiger partial charge on any atom is 0.0351 e. The van der Waals surface area contributed by atoms with Gasteiger partial charge in [0.25, 0.3) is 0 Å². The summed E-state index contributed by atoms with van der Waals surface area (Å²) in [7, 11) is 1.46. The smallest absolute Gasteiger partial charge is 0.0351 e. The van der Waals surface area contributed by atoms with Crippen molar-refractivity contribution < 1.29 is 0 Å². The van der Waals surface area contributed by atoms with E-state index in [9.17, 15) is 0 Å². The molecule has 0 N–H and O–H groups in total. The minimum absolute atomic E-state index is 0.610. The summed E-state index contributed by atoms with van der Waals surface area (Å²) in [4.78, 5) is 2.38. The molecule has 1 aliphatic carbocycles. The van der Waals surface area contributed by atoms with Crippen molar-refractivity contribution in [3.8, 4) is 0 Å². The van der Waals surface area contributed by atoms with Crippen LogP contribution in [0.15, 0.2) is 0 Å². The second-order valence-electron chi connectivity index (χ2n) is 4.80. The van der Waals surface area contributed by atoms with E-state index < -0.39 is 0 Å². The van der Waals surface area contributed by atoms with E-state index in [-0.39, 0.29) is 0 Å². The Morgan fingerprint density at radius 2 is 1.57 bits per heavy atom. The Bertz CT molecular complexity index is 127. The molecule has 1 nitrogen and oxygen atoms in total. The highest BCUT2D eigenvalue weighted by Crippen LogP contribution is 2.31. The lowest BCUT2D eigenvalue weighted by molar-refractivity contribution is 0.187. The van der Waals surface area contributed by atoms with Gasteiger partial charge in [-0.2, -0.15) is 0 Å². The number of halogens is 1. The quantitative estimate of drug-likeness (QED) is 0.534. The summed E-state index contributed by atoms with van der Waals surface area (Å²) >= 11 is 5.64. The van der Waals surface area contributed by atoms with Crippen LogP contribution in [0.5, 0.6) is 0 Å². The number of alkyl halides is 1. The zero-order chi connectivity index (χ0) is 11.1. The van der Waals surface area contributed by atoms with Gasteiger partial charge in [-0.1, -0.05) is 18.4 Å². The Morgan fingerprint density at radius 3 is 1.64 bits per heavy atom. The first-order valence-corrected chi connectivity index (χ1v) is 7.49. The average Bonchev–Trinajstić information content (AvgIpc) is 2.83. The molecule has 0 saturated heterocycles. The highest BCUT2D eigenvalue weighted by atomic mass is 35.5. The van der Waals surface area contributed by atoms with Gasteiger partial charge >= 0.3 is 0 Å². The fourth-order valence-corrected chi connectivity index (χ4v) is 1.91. The van der Waals surface area contributed by atoms with Crippen LogP contribution in [0, 0.1) is 0 Å². The Balaban J connectivity index is 0.000000344. The van der Waals surface area contributed by atoms with Gasteiger partial charge in [-0.3, -0.25) is 4.90 Å². The second-order valence-corrected chi connectivity index (χ2v) is 6.81. The predicted molar refractivity (Wildman–Crippen MR) is 70.6 cm³/mol. The monoisotopic (exact) mass is 235 g/mol. The minimum atomic E-state index is 0.610. The van der Waals surface area contributed by atoms with Gasteiger partial charge in [0.2, 0.25) is 0 Å². The largest absolute Gasteiger partial charge is 0.297 e. The Labute approximate surface area is 97.6 Å². The molecule has 0 aromatic rings. The van der Waals surface area contributed by atoms with E-state index in [0.29, 0.717) is 12.1 Å². The summed E-state index contributed by atoms with van der Waals surface area (Å²) in [5.74, 6) is 0.732. The second kappa shape index (κ2) is 7.72. The molecule has 0 atom stereocenters. The number of nitrogens with zero attached hydrogens (tertiary/aromatic N) is 1. The number of rotatable bonds is 4. The summed E-state index contributed by atoms with van der Waals surface area (Å²) in [5, 5.41) is 0. The minimum Gasteiger partial charge on any atom is -0.297 e. The summed E-state index contributed by atoms with van der Waals surface area (Å²) < 4.78 is 0. The van der Waals surface area contributed by atoms with Crippen LogP contribution in [0.25, 0.3) is 0 Å². The SMILES string of the molecule is CC(C)N(CCCl)C(C)C.[SiH3]C1CC1. The van der Waals surface area contributed by atoms with E-state index in [2.05, 4.69) is 32.6 Å². The van der Waals surface area contributed by atoms with E-state index in [1.807, 2.05) is 0 Å². The van der Waals surface area contributed by atoms with Crippen molar-refractivity contribution in [3.63, 3.8) is 0 Å². The van der Waals surface area contributed by atoms with Gasteiger partial charge in [-0.25, -0.2) is 0 Å². The lowest BCUT2D eigenvalue weighted by Gasteiger charge is -2.29. The van der Waals surface area contributed by atoms with Crippen molar-refractivity contribution in [2.75, 3.05) is 12.4 Å². The number of hydrogen-bond donors (Lipinski definition) is 0. The standard InChI is InChI=1S/C8H18ClN.C3H8Si/c1-7(2)10(6-5-9)8(3)4;4-3-1-2-3/h7-8H,5-6H2,1-4H3;3H,1-2H2,4H3. The van der Waals surface area contributed by atoms with Crippen LogP contribution in [0.3, 0.4) is 0 Å². The third kappa shape index (κ3) is 7.83. The fourth-order valence-electron chi connectivity index (χ4n) is 1.38. The normalized spacial score (nSPS) is 16.3. The summed E-state index contributed by atoms with van der Waals surface area (Å²) in [6.07, 6.45) is 3.10. The van der Waals surface area contributed by atoms with Gasteiger partial charge in [0.15, 0.2) is 0 Å². The van der Waals surface area contributed by atoms with Gasteiger partial charge < -0.3 is 0 Å². The van der Waals surface area contributed by atoms with Crippen molar-refractivity contribution in [2.45, 2.75) is 58.2 Å². The lowest BCUT2D eigenvalue weighted by atomic mass is 10.2. The van der Waals surface area contributed by atoms with Gasteiger partial charge in [0, 0.05) is 34.8 Å². The fraction of sp³-hybridized carbons (Fsp3) is 1.00. The van der Waals surface area contributed by atoms with E-state index in [1.54, 1.807) is 12.8 Å². The third-order valence-corrected chi connectivity index (χ3v) is 3.86. The Hall–Kier alpha value is 0.467. The van der Waals surface area contributed by atoms with Crippen LogP contribution >= 0.6 is 11.6 Å². The molecule has 86 valence electrons. The highest BCUT2D eigenvalue weighted by molar-refractivity contribution is 6.18. The van der Waals surface area contributed by atoms with Crippen LogP contribution in [0.4, 0.5) is 0 Å². The molecule has 0 unspecified atom stereocenters. The zero-order valence-corrected chi connectivity index (χ0v) is 13.1. The maximum atomic E-state index is 5.64. The molecule has 0 aliphatic heterocycles. The molecule has 1 rings (SSSR count). The third-order valence-electron chi connectivity index (χ3n) is 2.54. The molecule has 1 fully saturated rings. The molecule has 0 aromatic carbocycles. The lowest BCUT2D eigenvalue weighted by Crippen LogP contribution is -2.38. The summed E-state index contributed by atoms with van der Waals surface area (Å²) in [6.45, 7) is 9.80. The summed E-state index contributed by atoms with van der Waals surface area (Å²) in [5.41, 5.74) is 1.22. The van der Waals surface area contributed by atoms with Gasteiger partial charge in [0.05, 0.1) is 0 Å². The average molecular weight is 236 g/mol. The van der Waals surface area contributed by atoms with Crippen LogP contribution < -0.4 is 0 Å². The topological polar surface area (TPSA) is 3.24 Å². The van der Waals surface area contributed by atoms with Crippen molar-refractivity contribution in [1.29, 1.82) is 0 Å². The Morgan fingerprint density at radius 1 is 1.21 bits per heavy atom. The molecule has 0 amide bonds. The van der Waals surface area contributed by atoms with Crippen molar-refractivity contribution in [3.05, 3.63) is 0 Å². The van der Waals surface area contributed by atoms with Crippen LogP contribution in [0.1, 0.15) is 40.5 Å². The first-order valence-electron chi connectivity index (χ1n) is 5.80. The highest BCUT2D eigenvalue weighted by Gasteiger charge is 2.12. The molecule has 0 spiro atoms. The van der Waals surface area contributed by atoms with Crippen molar-refractivity contribution in [1.82, 2.24) is 4.90 Å². The zero-order valence-electron chi connectivity index (χ0n) is 10.4. The maximum absolute atomic E-state index is 5.64. The van der Waals surface area contributed by atoms with Crippen molar-refractivity contribution >= 4 is 21.8 Å². The molecule has 14 heavy (non-hydrogen) atoms. The molecule has 0 bridgehead atoms.